The summed E-state index contributed by atoms with van der Waals surface area (Å²) in [6, 6.07) is 10.2. The van der Waals surface area contributed by atoms with Crippen LogP contribution in [0.4, 0.5) is 10.1 Å². The first kappa shape index (κ1) is 11.6. The van der Waals surface area contributed by atoms with E-state index in [4.69, 9.17) is 5.73 Å². The minimum atomic E-state index is -0.306. The molecule has 0 spiro atoms. The number of rotatable bonds is 1. The molecule has 90 valence electrons. The van der Waals surface area contributed by atoms with Crippen LogP contribution in [-0.2, 0) is 0 Å². The predicted octanol–water partition coefficient (Wildman–Crippen LogP) is 4.45. The molecule has 3 aromatic rings. The summed E-state index contributed by atoms with van der Waals surface area (Å²) in [4.78, 5) is 4.49. The van der Waals surface area contributed by atoms with E-state index in [2.05, 4.69) is 20.9 Å². The van der Waals surface area contributed by atoms with E-state index in [0.717, 1.165) is 19.7 Å². The molecule has 0 saturated carbocycles. The lowest BCUT2D eigenvalue weighted by molar-refractivity contribution is 0.628. The van der Waals surface area contributed by atoms with E-state index in [9.17, 15) is 4.39 Å². The number of fused-ring (bicyclic) bond motifs is 1. The Morgan fingerprint density at radius 1 is 1.17 bits per heavy atom. The molecule has 3 rings (SSSR count). The van der Waals surface area contributed by atoms with Crippen molar-refractivity contribution in [1.29, 1.82) is 0 Å². The number of hydrogen-bond donors (Lipinski definition) is 1. The van der Waals surface area contributed by atoms with Crippen molar-refractivity contribution in [2.75, 3.05) is 5.73 Å². The van der Waals surface area contributed by atoms with Crippen LogP contribution in [0, 0.1) is 5.82 Å². The number of thiazole rings is 1. The zero-order chi connectivity index (χ0) is 12.7. The lowest BCUT2D eigenvalue weighted by Crippen LogP contribution is -1.90. The molecule has 0 saturated heterocycles. The van der Waals surface area contributed by atoms with Crippen molar-refractivity contribution in [3.63, 3.8) is 0 Å². The molecule has 0 aliphatic heterocycles. The number of nitrogens with zero attached hydrogens (tertiary/aromatic N) is 1. The molecule has 0 unspecified atom stereocenters. The van der Waals surface area contributed by atoms with Gasteiger partial charge in [-0.05, 0) is 36.4 Å². The second-order valence-electron chi connectivity index (χ2n) is 3.86. The second-order valence-corrected chi connectivity index (χ2v) is 5.81. The molecule has 18 heavy (non-hydrogen) atoms. The van der Waals surface area contributed by atoms with Crippen molar-refractivity contribution in [3.8, 4) is 10.6 Å². The van der Waals surface area contributed by atoms with Crippen LogP contribution in [0.15, 0.2) is 40.9 Å². The van der Waals surface area contributed by atoms with Crippen LogP contribution in [0.25, 0.3) is 20.8 Å². The van der Waals surface area contributed by atoms with Crippen LogP contribution in [0.5, 0.6) is 0 Å². The average Bonchev–Trinajstić information content (AvgIpc) is 2.74. The Labute approximate surface area is 115 Å². The van der Waals surface area contributed by atoms with Crippen molar-refractivity contribution in [2.24, 2.45) is 0 Å². The molecule has 2 aromatic carbocycles. The minimum Gasteiger partial charge on any atom is -0.398 e. The molecule has 0 fully saturated rings. The number of nitrogens with two attached hydrogens (primary N) is 1. The SMILES string of the molecule is Nc1ccc(F)cc1-c1nc2cc(Br)ccc2s1. The van der Waals surface area contributed by atoms with E-state index in [-0.39, 0.29) is 5.82 Å². The highest BCUT2D eigenvalue weighted by atomic mass is 79.9. The summed E-state index contributed by atoms with van der Waals surface area (Å²) < 4.78 is 15.3. The first-order valence-electron chi connectivity index (χ1n) is 5.25. The topological polar surface area (TPSA) is 38.9 Å². The lowest BCUT2D eigenvalue weighted by atomic mass is 10.2. The molecular formula is C13H8BrFN2S. The monoisotopic (exact) mass is 322 g/mol. The van der Waals surface area contributed by atoms with Crippen LogP contribution < -0.4 is 5.73 Å². The third-order valence-electron chi connectivity index (χ3n) is 2.60. The first-order valence-corrected chi connectivity index (χ1v) is 6.86. The summed E-state index contributed by atoms with van der Waals surface area (Å²) >= 11 is 4.91. The number of nitrogen functional groups attached to an aromatic ring is 1. The zero-order valence-electron chi connectivity index (χ0n) is 9.15. The van der Waals surface area contributed by atoms with Gasteiger partial charge in [-0.25, -0.2) is 9.37 Å². The first-order chi connectivity index (χ1) is 8.63. The Morgan fingerprint density at radius 2 is 2.00 bits per heavy atom. The molecule has 2 nitrogen and oxygen atoms in total. The number of anilines is 1. The molecule has 0 amide bonds. The molecule has 0 aliphatic rings. The zero-order valence-corrected chi connectivity index (χ0v) is 11.6. The predicted molar refractivity (Wildman–Crippen MR) is 77.1 cm³/mol. The van der Waals surface area contributed by atoms with Crippen molar-refractivity contribution < 1.29 is 4.39 Å². The molecule has 0 aliphatic carbocycles. The van der Waals surface area contributed by atoms with Crippen LogP contribution in [0.3, 0.4) is 0 Å². The fourth-order valence-electron chi connectivity index (χ4n) is 1.73. The third-order valence-corrected chi connectivity index (χ3v) is 4.16. The van der Waals surface area contributed by atoms with Gasteiger partial charge in [-0.1, -0.05) is 15.9 Å². The summed E-state index contributed by atoms with van der Waals surface area (Å²) in [5.74, 6) is -0.306. The van der Waals surface area contributed by atoms with Gasteiger partial charge >= 0.3 is 0 Å². The minimum absolute atomic E-state index is 0.306. The van der Waals surface area contributed by atoms with E-state index >= 15 is 0 Å². The quantitative estimate of drug-likeness (QED) is 0.672. The van der Waals surface area contributed by atoms with Crippen LogP contribution in [0.2, 0.25) is 0 Å². The number of benzene rings is 2. The Morgan fingerprint density at radius 3 is 2.83 bits per heavy atom. The van der Waals surface area contributed by atoms with Crippen LogP contribution in [0.1, 0.15) is 0 Å². The molecule has 0 bridgehead atoms. The van der Waals surface area contributed by atoms with Crippen molar-refractivity contribution in [3.05, 3.63) is 46.7 Å². The van der Waals surface area contributed by atoms with Gasteiger partial charge in [-0.3, -0.25) is 0 Å². The highest BCUT2D eigenvalue weighted by Crippen LogP contribution is 2.34. The van der Waals surface area contributed by atoms with Gasteiger partial charge in [0.05, 0.1) is 10.2 Å². The van der Waals surface area contributed by atoms with Crippen LogP contribution in [-0.4, -0.2) is 4.98 Å². The van der Waals surface area contributed by atoms with Gasteiger partial charge < -0.3 is 5.73 Å². The van der Waals surface area contributed by atoms with Gasteiger partial charge in [0.25, 0.3) is 0 Å². The van der Waals surface area contributed by atoms with Crippen molar-refractivity contribution in [1.82, 2.24) is 4.98 Å². The van der Waals surface area contributed by atoms with Crippen molar-refractivity contribution >= 4 is 43.2 Å². The average molecular weight is 323 g/mol. The van der Waals surface area contributed by atoms with Gasteiger partial charge in [-0.15, -0.1) is 11.3 Å². The van der Waals surface area contributed by atoms with Gasteiger partial charge in [0.1, 0.15) is 10.8 Å². The third kappa shape index (κ3) is 2.00. The molecule has 0 radical (unpaired) electrons. The summed E-state index contributed by atoms with van der Waals surface area (Å²) in [5, 5.41) is 0.736. The number of aromatic nitrogens is 1. The molecule has 5 heteroatoms. The van der Waals surface area contributed by atoms with Gasteiger partial charge in [0, 0.05) is 15.7 Å². The second kappa shape index (κ2) is 4.33. The van der Waals surface area contributed by atoms with Gasteiger partial charge in [0.15, 0.2) is 0 Å². The van der Waals surface area contributed by atoms with E-state index in [1.54, 1.807) is 6.07 Å². The summed E-state index contributed by atoms with van der Waals surface area (Å²) in [5.41, 5.74) is 7.93. The summed E-state index contributed by atoms with van der Waals surface area (Å²) in [6.45, 7) is 0. The molecule has 1 heterocycles. The van der Waals surface area contributed by atoms with E-state index in [1.807, 2.05) is 18.2 Å². The van der Waals surface area contributed by atoms with E-state index in [0.29, 0.717) is 11.3 Å². The van der Waals surface area contributed by atoms with E-state index in [1.165, 1.54) is 23.5 Å². The maximum atomic E-state index is 13.3. The Hall–Kier alpha value is -1.46. The molecule has 1 aromatic heterocycles. The van der Waals surface area contributed by atoms with Gasteiger partial charge in [0.2, 0.25) is 0 Å². The standard InChI is InChI=1S/C13H8BrFN2S/c14-7-1-4-12-11(5-7)17-13(18-12)9-6-8(15)2-3-10(9)16/h1-6H,16H2. The maximum absolute atomic E-state index is 13.3. The Kier molecular flexibility index (Phi) is 2.80. The normalized spacial score (nSPS) is 11.0. The smallest absolute Gasteiger partial charge is 0.126 e. The molecular weight excluding hydrogens is 315 g/mol. The van der Waals surface area contributed by atoms with Crippen molar-refractivity contribution in [2.45, 2.75) is 0 Å². The fourth-order valence-corrected chi connectivity index (χ4v) is 3.06. The largest absolute Gasteiger partial charge is 0.398 e. The Bertz CT molecular complexity index is 739. The maximum Gasteiger partial charge on any atom is 0.126 e. The fraction of sp³-hybridized carbons (Fsp3) is 0. The highest BCUT2D eigenvalue weighted by molar-refractivity contribution is 9.10. The Balaban J connectivity index is 2.22. The molecule has 2 N–H and O–H groups in total. The lowest BCUT2D eigenvalue weighted by Gasteiger charge is -2.01. The molecule has 0 atom stereocenters. The summed E-state index contributed by atoms with van der Waals surface area (Å²) in [7, 11) is 0. The number of halogens is 2. The summed E-state index contributed by atoms with van der Waals surface area (Å²) in [6.07, 6.45) is 0. The van der Waals surface area contributed by atoms with Crippen LogP contribution >= 0.6 is 27.3 Å². The van der Waals surface area contributed by atoms with Gasteiger partial charge in [-0.2, -0.15) is 0 Å². The highest BCUT2D eigenvalue weighted by Gasteiger charge is 2.10. The van der Waals surface area contributed by atoms with E-state index < -0.39 is 0 Å². The number of hydrogen-bond acceptors (Lipinski definition) is 3.